The maximum absolute atomic E-state index is 13.1. The Hall–Kier alpha value is -3.60. The van der Waals surface area contributed by atoms with Crippen LogP contribution in [0.5, 0.6) is 0 Å². The summed E-state index contributed by atoms with van der Waals surface area (Å²) in [5.41, 5.74) is 6.52. The molecule has 3 N–H and O–H groups in total. The summed E-state index contributed by atoms with van der Waals surface area (Å²) in [4.78, 5) is 28.0. The molecular formula is C21H25FN8O2. The Morgan fingerprint density at radius 1 is 1.28 bits per heavy atom. The fourth-order valence-electron chi connectivity index (χ4n) is 3.74. The van der Waals surface area contributed by atoms with Crippen LogP contribution in [0.2, 0.25) is 0 Å². The van der Waals surface area contributed by atoms with Crippen LogP contribution in [0.15, 0.2) is 36.8 Å². The molecule has 10 nitrogen and oxygen atoms in total. The van der Waals surface area contributed by atoms with Crippen molar-refractivity contribution in [2.75, 3.05) is 30.8 Å². The molecule has 0 aliphatic carbocycles. The average molecular weight is 440 g/mol. The van der Waals surface area contributed by atoms with E-state index in [1.165, 1.54) is 10.9 Å². The number of aromatic nitrogens is 5. The van der Waals surface area contributed by atoms with E-state index in [9.17, 15) is 9.18 Å². The molecule has 3 aromatic heterocycles. The van der Waals surface area contributed by atoms with Crippen LogP contribution < -0.4 is 16.0 Å². The van der Waals surface area contributed by atoms with Crippen LogP contribution in [-0.4, -0.2) is 56.4 Å². The lowest BCUT2D eigenvalue weighted by atomic mass is 9.90. The van der Waals surface area contributed by atoms with Crippen LogP contribution in [-0.2, 0) is 16.1 Å². The normalized spacial score (nSPS) is 15.5. The lowest BCUT2D eigenvalue weighted by Crippen LogP contribution is -2.55. The molecule has 0 aromatic carbocycles. The first-order valence-electron chi connectivity index (χ1n) is 10.2. The summed E-state index contributed by atoms with van der Waals surface area (Å²) in [5, 5.41) is 6.82. The van der Waals surface area contributed by atoms with E-state index in [4.69, 9.17) is 10.5 Å². The van der Waals surface area contributed by atoms with Crippen molar-refractivity contribution in [2.45, 2.75) is 31.9 Å². The van der Waals surface area contributed by atoms with E-state index >= 15 is 0 Å². The predicted octanol–water partition coefficient (Wildman–Crippen LogP) is 1.39. The Balaban J connectivity index is 1.36. The highest BCUT2D eigenvalue weighted by Gasteiger charge is 2.42. The van der Waals surface area contributed by atoms with Crippen LogP contribution in [0.25, 0.3) is 5.82 Å². The van der Waals surface area contributed by atoms with Crippen LogP contribution in [0.3, 0.4) is 0 Å². The summed E-state index contributed by atoms with van der Waals surface area (Å²) in [5.74, 6) is 0.865. The van der Waals surface area contributed by atoms with E-state index in [-0.39, 0.29) is 5.91 Å². The Labute approximate surface area is 184 Å². The Bertz CT molecular complexity index is 1070. The van der Waals surface area contributed by atoms with E-state index in [0.717, 1.165) is 17.5 Å². The average Bonchev–Trinajstić information content (AvgIpc) is 3.23. The second-order valence-corrected chi connectivity index (χ2v) is 7.73. The first-order valence-corrected chi connectivity index (χ1v) is 10.2. The van der Waals surface area contributed by atoms with E-state index in [0.29, 0.717) is 50.1 Å². The van der Waals surface area contributed by atoms with Crippen molar-refractivity contribution in [3.63, 3.8) is 0 Å². The number of nitrogens with zero attached hydrogens (tertiary/aromatic N) is 6. The third kappa shape index (κ3) is 4.52. The second-order valence-electron chi connectivity index (χ2n) is 7.73. The van der Waals surface area contributed by atoms with Gasteiger partial charge in [-0.2, -0.15) is 10.1 Å². The molecule has 0 unspecified atom stereocenters. The van der Waals surface area contributed by atoms with Gasteiger partial charge in [0.05, 0.1) is 12.4 Å². The van der Waals surface area contributed by atoms with Gasteiger partial charge in [-0.15, -0.1) is 0 Å². The number of piperidine rings is 1. The van der Waals surface area contributed by atoms with Crippen molar-refractivity contribution in [3.8, 4) is 5.82 Å². The van der Waals surface area contributed by atoms with Gasteiger partial charge in [-0.3, -0.25) is 4.79 Å². The van der Waals surface area contributed by atoms with E-state index in [1.807, 2.05) is 17.9 Å². The molecule has 4 rings (SSSR count). The van der Waals surface area contributed by atoms with Crippen molar-refractivity contribution in [3.05, 3.63) is 53.9 Å². The number of carbonyl (C=O) groups excluding carboxylic acids is 1. The van der Waals surface area contributed by atoms with Gasteiger partial charge in [-0.05, 0) is 18.6 Å². The molecule has 1 aliphatic heterocycles. The molecule has 0 atom stereocenters. The molecule has 4 heterocycles. The summed E-state index contributed by atoms with van der Waals surface area (Å²) in [6, 6.07) is 5.24. The highest BCUT2D eigenvalue weighted by atomic mass is 19.1. The van der Waals surface area contributed by atoms with Gasteiger partial charge in [-0.25, -0.2) is 19.0 Å². The van der Waals surface area contributed by atoms with Gasteiger partial charge in [0.1, 0.15) is 11.4 Å². The number of carbonyl (C=O) groups is 1. The van der Waals surface area contributed by atoms with E-state index in [2.05, 4.69) is 25.4 Å². The first kappa shape index (κ1) is 21.6. The monoisotopic (exact) mass is 440 g/mol. The molecular weight excluding hydrogens is 415 g/mol. The van der Waals surface area contributed by atoms with Crippen LogP contribution >= 0.6 is 0 Å². The smallest absolute Gasteiger partial charge is 0.252 e. The number of pyridine rings is 1. The highest BCUT2D eigenvalue weighted by Crippen LogP contribution is 2.28. The Kier molecular flexibility index (Phi) is 5.99. The Morgan fingerprint density at radius 2 is 2.06 bits per heavy atom. The lowest BCUT2D eigenvalue weighted by molar-refractivity contribution is -0.146. The summed E-state index contributed by atoms with van der Waals surface area (Å²) >= 11 is 0. The summed E-state index contributed by atoms with van der Waals surface area (Å²) in [6.45, 7) is 3.31. The standard InChI is InChI=1S/C21H25FN8O2/c1-14-9-17(23)28-20(27-14)29-7-5-21(32-2,6-8-29)19(31)25-11-15-3-4-18(24-10-15)30-13-16(22)12-26-30/h3-4,9-10,12-13H,5-8,11H2,1-2H3,(H,25,31)(H2,23,27,28). The van der Waals surface area contributed by atoms with Crippen LogP contribution in [0.4, 0.5) is 16.2 Å². The van der Waals surface area contributed by atoms with Gasteiger partial charge in [0.2, 0.25) is 5.95 Å². The zero-order chi connectivity index (χ0) is 22.7. The van der Waals surface area contributed by atoms with E-state index in [1.54, 1.807) is 25.4 Å². The number of halogens is 1. The minimum absolute atomic E-state index is 0.178. The fraction of sp³-hybridized carbons (Fsp3) is 0.381. The van der Waals surface area contributed by atoms with Crippen molar-refractivity contribution in [1.29, 1.82) is 0 Å². The van der Waals surface area contributed by atoms with Gasteiger partial charge in [0.25, 0.3) is 5.91 Å². The molecule has 1 fully saturated rings. The molecule has 32 heavy (non-hydrogen) atoms. The molecule has 3 aromatic rings. The number of nitrogens with one attached hydrogen (secondary N) is 1. The number of hydrogen-bond donors (Lipinski definition) is 2. The molecule has 1 aliphatic rings. The minimum Gasteiger partial charge on any atom is -0.384 e. The van der Waals surface area contributed by atoms with Crippen LogP contribution in [0.1, 0.15) is 24.1 Å². The molecule has 168 valence electrons. The molecule has 1 amide bonds. The molecule has 0 radical (unpaired) electrons. The molecule has 0 saturated carbocycles. The van der Waals surface area contributed by atoms with Gasteiger partial charge < -0.3 is 20.7 Å². The number of amides is 1. The first-order chi connectivity index (χ1) is 15.4. The zero-order valence-corrected chi connectivity index (χ0v) is 18.0. The fourth-order valence-corrected chi connectivity index (χ4v) is 3.74. The van der Waals surface area contributed by atoms with Crippen molar-refractivity contribution < 1.29 is 13.9 Å². The number of methoxy groups -OCH3 is 1. The molecule has 11 heteroatoms. The number of ether oxygens (including phenoxy) is 1. The minimum atomic E-state index is -0.925. The molecule has 1 saturated heterocycles. The number of hydrogen-bond acceptors (Lipinski definition) is 8. The van der Waals surface area contributed by atoms with Gasteiger partial charge >= 0.3 is 0 Å². The van der Waals surface area contributed by atoms with Gasteiger partial charge in [0, 0.05) is 57.5 Å². The highest BCUT2D eigenvalue weighted by molar-refractivity contribution is 5.85. The van der Waals surface area contributed by atoms with Gasteiger partial charge in [-0.1, -0.05) is 6.07 Å². The third-order valence-electron chi connectivity index (χ3n) is 5.57. The quantitative estimate of drug-likeness (QED) is 0.589. The van der Waals surface area contributed by atoms with E-state index < -0.39 is 11.4 Å². The van der Waals surface area contributed by atoms with Gasteiger partial charge in [0.15, 0.2) is 11.6 Å². The molecule has 0 bridgehead atoms. The largest absolute Gasteiger partial charge is 0.384 e. The zero-order valence-electron chi connectivity index (χ0n) is 18.0. The van der Waals surface area contributed by atoms with Crippen molar-refractivity contribution in [1.82, 2.24) is 30.0 Å². The Morgan fingerprint density at radius 3 is 2.66 bits per heavy atom. The number of anilines is 2. The molecule has 0 spiro atoms. The number of nitrogen functional groups attached to an aromatic ring is 1. The SMILES string of the molecule is COC1(C(=O)NCc2ccc(-n3cc(F)cn3)nc2)CCN(c2nc(C)cc(N)n2)CC1. The predicted molar refractivity (Wildman–Crippen MR) is 116 cm³/mol. The number of aryl methyl sites for hydroxylation is 1. The summed E-state index contributed by atoms with van der Waals surface area (Å²) < 4.78 is 20.1. The maximum Gasteiger partial charge on any atom is 0.252 e. The lowest BCUT2D eigenvalue weighted by Gasteiger charge is -2.39. The third-order valence-corrected chi connectivity index (χ3v) is 5.57. The number of rotatable bonds is 6. The maximum atomic E-state index is 13.1. The number of nitrogens with two attached hydrogens (primary N) is 1. The van der Waals surface area contributed by atoms with Crippen molar-refractivity contribution >= 4 is 17.7 Å². The summed E-state index contributed by atoms with van der Waals surface area (Å²) in [7, 11) is 1.55. The van der Waals surface area contributed by atoms with Crippen molar-refractivity contribution in [2.24, 2.45) is 0 Å². The summed E-state index contributed by atoms with van der Waals surface area (Å²) in [6.07, 6.45) is 4.97. The topological polar surface area (TPSA) is 124 Å². The van der Waals surface area contributed by atoms with Crippen LogP contribution in [0, 0.1) is 12.7 Å². The second kappa shape index (κ2) is 8.87.